The molecule has 0 unspecified atom stereocenters. The quantitative estimate of drug-likeness (QED) is 0.214. The molecule has 39 heavy (non-hydrogen) atoms. The number of nitrogens with zero attached hydrogens (tertiary/aromatic N) is 2. The van der Waals surface area contributed by atoms with Gasteiger partial charge in [0.25, 0.3) is 0 Å². The third-order valence-corrected chi connectivity index (χ3v) is 9.77. The number of fused-ring (bicyclic) bond motifs is 2. The number of hydrogen-bond donors (Lipinski definition) is 0. The van der Waals surface area contributed by atoms with Gasteiger partial charge in [0.2, 0.25) is 11.8 Å². The van der Waals surface area contributed by atoms with Gasteiger partial charge in [0.05, 0.1) is 16.4 Å². The van der Waals surface area contributed by atoms with E-state index in [4.69, 9.17) is 23.5 Å². The third-order valence-electron chi connectivity index (χ3n) is 8.71. The number of thiophene rings is 1. The first kappa shape index (κ1) is 24.9. The van der Waals surface area contributed by atoms with Gasteiger partial charge in [-0.25, -0.2) is 9.97 Å². The summed E-state index contributed by atoms with van der Waals surface area (Å²) in [6, 6.07) is 12.8. The Labute approximate surface area is 233 Å². The van der Waals surface area contributed by atoms with Crippen molar-refractivity contribution in [1.82, 2.24) is 9.97 Å². The lowest BCUT2D eigenvalue weighted by Crippen LogP contribution is -2.07. The zero-order valence-corrected chi connectivity index (χ0v) is 23.7. The summed E-state index contributed by atoms with van der Waals surface area (Å²) >= 11 is 1.61. The molecule has 0 amide bonds. The van der Waals surface area contributed by atoms with Crippen LogP contribution >= 0.6 is 11.3 Å². The van der Waals surface area contributed by atoms with E-state index in [0.717, 1.165) is 37.7 Å². The summed E-state index contributed by atoms with van der Waals surface area (Å²) in [6.45, 7) is 4.89. The number of rotatable bonds is 6. The molecule has 0 radical (unpaired) electrons. The Bertz CT molecular complexity index is 1610. The van der Waals surface area contributed by atoms with Crippen LogP contribution in [-0.2, 0) is 0 Å². The van der Waals surface area contributed by atoms with E-state index < -0.39 is 0 Å². The Morgan fingerprint density at radius 2 is 1.28 bits per heavy atom. The first-order chi connectivity index (χ1) is 19.2. The molecule has 0 saturated heterocycles. The summed E-state index contributed by atoms with van der Waals surface area (Å²) in [4.78, 5) is 11.8. The highest BCUT2D eigenvalue weighted by molar-refractivity contribution is 7.18. The van der Waals surface area contributed by atoms with Crippen molar-refractivity contribution in [2.75, 3.05) is 6.61 Å². The van der Waals surface area contributed by atoms with Crippen LogP contribution < -0.4 is 4.74 Å². The lowest BCUT2D eigenvalue weighted by atomic mass is 9.82. The molecule has 2 aliphatic rings. The van der Waals surface area contributed by atoms with Gasteiger partial charge in [-0.15, -0.1) is 11.3 Å². The maximum atomic E-state index is 6.26. The van der Waals surface area contributed by atoms with Crippen LogP contribution in [0, 0.1) is 6.92 Å². The van der Waals surface area contributed by atoms with Crippen LogP contribution in [0.1, 0.15) is 99.7 Å². The standard InChI is InChI=1S/C33H36N2O3S/c1-3-36-27-19-29-26(18-24(27)22-12-8-5-9-13-22)35-33(38-29)31-15-14-30(39-31)32-34-25-17-23(20(2)16-28(25)37-32)21-10-6-4-7-11-21/h14-19,21-22H,3-13H2,1-2H3. The lowest BCUT2D eigenvalue weighted by Gasteiger charge is -2.24. The van der Waals surface area contributed by atoms with E-state index >= 15 is 0 Å². The second-order valence-electron chi connectivity index (χ2n) is 11.3. The van der Waals surface area contributed by atoms with Gasteiger partial charge in [-0.05, 0) is 98.4 Å². The molecule has 3 heterocycles. The fraction of sp³-hybridized carbons (Fsp3) is 0.455. The summed E-state index contributed by atoms with van der Waals surface area (Å²) in [5.74, 6) is 3.44. The summed E-state index contributed by atoms with van der Waals surface area (Å²) in [5.41, 5.74) is 7.52. The van der Waals surface area contributed by atoms with Crippen LogP contribution in [0.25, 0.3) is 43.7 Å². The number of benzene rings is 2. The number of hydrogen-bond acceptors (Lipinski definition) is 6. The number of ether oxygens (including phenoxy) is 1. The molecule has 2 fully saturated rings. The van der Waals surface area contributed by atoms with Crippen molar-refractivity contribution in [3.63, 3.8) is 0 Å². The average molecular weight is 541 g/mol. The zero-order valence-electron chi connectivity index (χ0n) is 22.9. The lowest BCUT2D eigenvalue weighted by molar-refractivity contribution is 0.328. The minimum Gasteiger partial charge on any atom is -0.493 e. The van der Waals surface area contributed by atoms with Gasteiger partial charge < -0.3 is 13.6 Å². The van der Waals surface area contributed by atoms with Crippen molar-refractivity contribution in [2.24, 2.45) is 0 Å². The molecular formula is C33H36N2O3S. The van der Waals surface area contributed by atoms with Crippen LogP contribution in [0.15, 0.2) is 45.2 Å². The van der Waals surface area contributed by atoms with Crippen LogP contribution in [0.5, 0.6) is 5.75 Å². The maximum Gasteiger partial charge on any atom is 0.237 e. The topological polar surface area (TPSA) is 61.3 Å². The molecule has 2 aliphatic carbocycles. The normalized spacial score (nSPS) is 17.4. The van der Waals surface area contributed by atoms with Gasteiger partial charge in [0.1, 0.15) is 16.8 Å². The number of aromatic nitrogens is 2. The molecule has 2 aromatic carbocycles. The van der Waals surface area contributed by atoms with Crippen LogP contribution in [-0.4, -0.2) is 16.6 Å². The molecule has 0 N–H and O–H groups in total. The summed E-state index contributed by atoms with van der Waals surface area (Å²) in [5, 5.41) is 0. The van der Waals surface area contributed by atoms with Crippen molar-refractivity contribution in [3.05, 3.63) is 53.1 Å². The zero-order chi connectivity index (χ0) is 26.3. The molecule has 6 heteroatoms. The molecule has 202 valence electrons. The Hall–Kier alpha value is -3.12. The number of aryl methyl sites for hydroxylation is 1. The minimum atomic E-state index is 0.541. The fourth-order valence-electron chi connectivity index (χ4n) is 6.71. The predicted molar refractivity (Wildman–Crippen MR) is 158 cm³/mol. The van der Waals surface area contributed by atoms with E-state index in [0.29, 0.717) is 30.2 Å². The molecule has 5 aromatic rings. The molecule has 0 spiro atoms. The highest BCUT2D eigenvalue weighted by Gasteiger charge is 2.23. The van der Waals surface area contributed by atoms with Crippen molar-refractivity contribution >= 4 is 33.5 Å². The van der Waals surface area contributed by atoms with Crippen molar-refractivity contribution < 1.29 is 13.6 Å². The minimum absolute atomic E-state index is 0.541. The van der Waals surface area contributed by atoms with Gasteiger partial charge >= 0.3 is 0 Å². The second-order valence-corrected chi connectivity index (χ2v) is 12.4. The summed E-state index contributed by atoms with van der Waals surface area (Å²) < 4.78 is 18.6. The molecular weight excluding hydrogens is 504 g/mol. The Morgan fingerprint density at radius 3 is 1.87 bits per heavy atom. The number of oxazole rings is 2. The van der Waals surface area contributed by atoms with Gasteiger partial charge in [-0.3, -0.25) is 0 Å². The predicted octanol–water partition coefficient (Wildman–Crippen LogP) is 10.2. The highest BCUT2D eigenvalue weighted by atomic mass is 32.1. The van der Waals surface area contributed by atoms with E-state index in [2.05, 4.69) is 37.3 Å². The maximum absolute atomic E-state index is 6.26. The van der Waals surface area contributed by atoms with Crippen LogP contribution in [0.2, 0.25) is 0 Å². The molecule has 0 atom stereocenters. The van der Waals surface area contributed by atoms with Crippen molar-refractivity contribution in [2.45, 2.75) is 89.9 Å². The highest BCUT2D eigenvalue weighted by Crippen LogP contribution is 2.42. The van der Waals surface area contributed by atoms with Gasteiger partial charge in [-0.2, -0.15) is 0 Å². The first-order valence-electron chi connectivity index (χ1n) is 14.7. The largest absolute Gasteiger partial charge is 0.493 e. The third kappa shape index (κ3) is 4.77. The molecule has 5 nitrogen and oxygen atoms in total. The van der Waals surface area contributed by atoms with E-state index in [1.165, 1.54) is 80.9 Å². The van der Waals surface area contributed by atoms with Crippen molar-refractivity contribution in [1.29, 1.82) is 0 Å². The molecule has 7 rings (SSSR count). The van der Waals surface area contributed by atoms with Crippen LogP contribution in [0.3, 0.4) is 0 Å². The monoisotopic (exact) mass is 540 g/mol. The summed E-state index contributed by atoms with van der Waals surface area (Å²) in [6.07, 6.45) is 12.9. The Balaban J connectivity index is 1.19. The van der Waals surface area contributed by atoms with Crippen molar-refractivity contribution in [3.8, 4) is 27.3 Å². The average Bonchev–Trinajstić information content (AvgIpc) is 3.71. The SMILES string of the molecule is CCOc1cc2oc(-c3ccc(-c4nc5cc(C6CCCCC6)c(C)cc5o4)s3)nc2cc1C1CCCCC1. The van der Waals surface area contributed by atoms with E-state index in [1.54, 1.807) is 11.3 Å². The van der Waals surface area contributed by atoms with Crippen LogP contribution in [0.4, 0.5) is 0 Å². The second kappa shape index (κ2) is 10.5. The molecule has 0 bridgehead atoms. The van der Waals surface area contributed by atoms with E-state index in [9.17, 15) is 0 Å². The molecule has 2 saturated carbocycles. The van der Waals surface area contributed by atoms with E-state index in [1.807, 2.05) is 13.0 Å². The van der Waals surface area contributed by atoms with Gasteiger partial charge in [0, 0.05) is 6.07 Å². The fourth-order valence-corrected chi connectivity index (χ4v) is 7.57. The Morgan fingerprint density at radius 1 is 0.744 bits per heavy atom. The van der Waals surface area contributed by atoms with E-state index in [-0.39, 0.29) is 0 Å². The Kier molecular flexibility index (Phi) is 6.67. The van der Waals surface area contributed by atoms with Gasteiger partial charge in [-0.1, -0.05) is 38.5 Å². The smallest absolute Gasteiger partial charge is 0.237 e. The van der Waals surface area contributed by atoms with Gasteiger partial charge in [0.15, 0.2) is 11.2 Å². The molecule has 0 aliphatic heterocycles. The first-order valence-corrected chi connectivity index (χ1v) is 15.6. The summed E-state index contributed by atoms with van der Waals surface area (Å²) in [7, 11) is 0. The molecule has 3 aromatic heterocycles.